The van der Waals surface area contributed by atoms with Crippen LogP contribution in [-0.2, 0) is 13.0 Å². The molecule has 1 unspecified atom stereocenters. The summed E-state index contributed by atoms with van der Waals surface area (Å²) in [5, 5.41) is 6.07. The van der Waals surface area contributed by atoms with E-state index in [2.05, 4.69) is 195 Å². The van der Waals surface area contributed by atoms with Crippen molar-refractivity contribution in [3.8, 4) is 44.5 Å². The highest BCUT2D eigenvalue weighted by atomic mass is 16.3. The van der Waals surface area contributed by atoms with Crippen LogP contribution in [0.5, 0.6) is 0 Å². The number of amidine groups is 1. The minimum absolute atomic E-state index is 0.339. The molecule has 1 heterocycles. The quantitative estimate of drug-likeness (QED) is 0.106. The molecule has 1 aromatic heterocycles. The maximum absolute atomic E-state index is 7.04. The number of nitrogens with two attached hydrogens (primary N) is 1. The molecule has 0 fully saturated rings. The number of fused-ring (bicyclic) bond motifs is 6. The zero-order valence-electron chi connectivity index (χ0n) is 38.5. The second-order valence-electron chi connectivity index (χ2n) is 17.5. The van der Waals surface area contributed by atoms with E-state index in [0.29, 0.717) is 12.4 Å². The summed E-state index contributed by atoms with van der Waals surface area (Å²) in [4.78, 5) is 5.21. The van der Waals surface area contributed by atoms with Crippen molar-refractivity contribution < 1.29 is 4.42 Å². The Kier molecular flexibility index (Phi) is 12.1. The predicted molar refractivity (Wildman–Crippen MR) is 280 cm³/mol. The Morgan fingerprint density at radius 1 is 0.636 bits per heavy atom. The molecule has 1 atom stereocenters. The summed E-state index contributed by atoms with van der Waals surface area (Å²) < 4.78 is 7.04. The Morgan fingerprint density at radius 2 is 1.33 bits per heavy atom. The summed E-state index contributed by atoms with van der Waals surface area (Å²) in [6.45, 7) is 9.01. The zero-order chi connectivity index (χ0) is 45.1. The smallest absolute Gasteiger partial charge is 0.143 e. The molecule has 8 aromatic rings. The molecule has 0 bridgehead atoms. The molecule has 66 heavy (non-hydrogen) atoms. The highest BCUT2D eigenvalue weighted by Crippen LogP contribution is 2.46. The molecule has 0 radical (unpaired) electrons. The maximum Gasteiger partial charge on any atom is 0.143 e. The molecule has 7 aromatic carbocycles. The molecule has 326 valence electrons. The number of allylic oxidation sites excluding steroid dienone is 6. The largest absolute Gasteiger partial charge is 0.455 e. The van der Waals surface area contributed by atoms with Gasteiger partial charge in [-0.1, -0.05) is 166 Å². The van der Waals surface area contributed by atoms with E-state index >= 15 is 0 Å². The van der Waals surface area contributed by atoms with Gasteiger partial charge in [0.25, 0.3) is 0 Å². The SMILES string of the molecule is CC.Cc1ccccc1-c1cccc(-c2cc(-c3cccc4c3Cc3ccccc3-4)cc3c2oc2cccc(CNC(/N=C(\N)c4cccc(C5=CCCC=C5)c4)C4=CCCC=C4)c23)c1C. The number of nitrogens with zero attached hydrogens (tertiary/aromatic N) is 1. The lowest BCUT2D eigenvalue weighted by molar-refractivity contribution is 0.595. The molecule has 4 nitrogen and oxygen atoms in total. The summed E-state index contributed by atoms with van der Waals surface area (Å²) in [6.07, 6.45) is 18.2. The molecule has 3 aliphatic rings. The van der Waals surface area contributed by atoms with Crippen molar-refractivity contribution in [1.29, 1.82) is 0 Å². The Bertz CT molecular complexity index is 3300. The Labute approximate surface area is 389 Å². The highest BCUT2D eigenvalue weighted by Gasteiger charge is 2.25. The number of aryl methyl sites for hydroxylation is 1. The number of hydrogen-bond acceptors (Lipinski definition) is 3. The van der Waals surface area contributed by atoms with Crippen molar-refractivity contribution in [3.05, 3.63) is 220 Å². The molecule has 0 saturated carbocycles. The molecule has 0 aliphatic heterocycles. The highest BCUT2D eigenvalue weighted by molar-refractivity contribution is 6.13. The second-order valence-corrected chi connectivity index (χ2v) is 17.5. The summed E-state index contributed by atoms with van der Waals surface area (Å²) in [6, 6.07) is 50.6. The van der Waals surface area contributed by atoms with Crippen LogP contribution in [0.2, 0.25) is 0 Å². The van der Waals surface area contributed by atoms with Gasteiger partial charge in [0.1, 0.15) is 23.2 Å². The molecular weight excluding hydrogens is 803 g/mol. The van der Waals surface area contributed by atoms with Gasteiger partial charge < -0.3 is 10.2 Å². The number of aliphatic imine (C=N–C) groups is 1. The van der Waals surface area contributed by atoms with Gasteiger partial charge >= 0.3 is 0 Å². The van der Waals surface area contributed by atoms with Crippen LogP contribution >= 0.6 is 0 Å². The van der Waals surface area contributed by atoms with Crippen LogP contribution in [0.25, 0.3) is 72.0 Å². The van der Waals surface area contributed by atoms with Crippen molar-refractivity contribution in [3.63, 3.8) is 0 Å². The van der Waals surface area contributed by atoms with Crippen molar-refractivity contribution in [2.75, 3.05) is 0 Å². The van der Waals surface area contributed by atoms with Gasteiger partial charge in [-0.2, -0.15) is 0 Å². The van der Waals surface area contributed by atoms with Gasteiger partial charge in [-0.3, -0.25) is 5.32 Å². The second kappa shape index (κ2) is 18.7. The standard InChI is InChI=1S/C60H51N3O.C2H6/c1-38-17-9-11-26-47(38)48-28-15-29-49(39(48)2)54-35-46(51-30-16-31-52-50-27-12-10-22-43(50)34-53(51)52)36-55-57-45(25-14-32-56(57)64-58(54)55)37-62-60(41-20-7-4-8-21-41)63-59(61)44-24-13-23-42(33-44)40-18-5-3-6-19-40;1-2/h5,7,9-33,35-36,60,62H,3-4,6,8,34,37H2,1-2H3,(H2,61,63);1-2H3. The van der Waals surface area contributed by atoms with Gasteiger partial charge in [0, 0.05) is 28.4 Å². The molecule has 0 spiro atoms. The molecule has 0 saturated heterocycles. The number of hydrogen-bond donors (Lipinski definition) is 2. The van der Waals surface area contributed by atoms with Crippen LogP contribution < -0.4 is 11.1 Å². The van der Waals surface area contributed by atoms with E-state index in [1.807, 2.05) is 13.8 Å². The molecule has 3 aliphatic carbocycles. The predicted octanol–water partition coefficient (Wildman–Crippen LogP) is 15.6. The Hall–Kier alpha value is -7.27. The summed E-state index contributed by atoms with van der Waals surface area (Å²) in [7, 11) is 0. The topological polar surface area (TPSA) is 63.5 Å². The third-order valence-electron chi connectivity index (χ3n) is 13.5. The van der Waals surface area contributed by atoms with E-state index in [9.17, 15) is 0 Å². The first-order valence-electron chi connectivity index (χ1n) is 23.7. The van der Waals surface area contributed by atoms with Crippen LogP contribution in [0.15, 0.2) is 191 Å². The lowest BCUT2D eigenvalue weighted by atomic mass is 9.87. The normalized spacial score (nSPS) is 14.6. The van der Waals surface area contributed by atoms with Gasteiger partial charge in [-0.25, -0.2) is 4.99 Å². The fraction of sp³-hybridized carbons (Fsp3) is 0.177. The van der Waals surface area contributed by atoms with Gasteiger partial charge in [0.2, 0.25) is 0 Å². The summed E-state index contributed by atoms with van der Waals surface area (Å²) in [5.41, 5.74) is 29.3. The van der Waals surface area contributed by atoms with Gasteiger partial charge in [-0.15, -0.1) is 0 Å². The van der Waals surface area contributed by atoms with Crippen LogP contribution in [0.4, 0.5) is 0 Å². The first-order chi connectivity index (χ1) is 32.5. The summed E-state index contributed by atoms with van der Waals surface area (Å²) in [5.74, 6) is 0.515. The molecule has 3 N–H and O–H groups in total. The fourth-order valence-electron chi connectivity index (χ4n) is 10.2. The fourth-order valence-corrected chi connectivity index (χ4v) is 10.2. The van der Waals surface area contributed by atoms with E-state index in [0.717, 1.165) is 81.9 Å². The van der Waals surface area contributed by atoms with E-state index in [1.54, 1.807) is 0 Å². The molecule has 0 amide bonds. The first-order valence-corrected chi connectivity index (χ1v) is 23.7. The molecule has 11 rings (SSSR count). The van der Waals surface area contributed by atoms with Crippen molar-refractivity contribution in [2.24, 2.45) is 10.7 Å². The zero-order valence-corrected chi connectivity index (χ0v) is 38.5. The van der Waals surface area contributed by atoms with Crippen LogP contribution in [0.3, 0.4) is 0 Å². The maximum atomic E-state index is 7.04. The Balaban J connectivity index is 0.00000252. The van der Waals surface area contributed by atoms with Crippen molar-refractivity contribution in [1.82, 2.24) is 5.32 Å². The molecule has 4 heteroatoms. The van der Waals surface area contributed by atoms with Gasteiger partial charge in [0.15, 0.2) is 0 Å². The van der Waals surface area contributed by atoms with Crippen molar-refractivity contribution in [2.45, 2.75) is 72.5 Å². The van der Waals surface area contributed by atoms with Crippen molar-refractivity contribution >= 4 is 33.3 Å². The third kappa shape index (κ3) is 8.07. The first kappa shape index (κ1) is 42.7. The number of rotatable bonds is 10. The van der Waals surface area contributed by atoms with E-state index in [-0.39, 0.29) is 6.17 Å². The van der Waals surface area contributed by atoms with E-state index in [4.69, 9.17) is 15.1 Å². The number of nitrogens with one attached hydrogen (secondary N) is 1. The lowest BCUT2D eigenvalue weighted by Gasteiger charge is -2.20. The molecular formula is C62H57N3O. The third-order valence-corrected chi connectivity index (χ3v) is 13.5. The minimum atomic E-state index is -0.339. The lowest BCUT2D eigenvalue weighted by Crippen LogP contribution is -2.31. The van der Waals surface area contributed by atoms with Gasteiger partial charge in [-0.05, 0) is 154 Å². The van der Waals surface area contributed by atoms with Crippen LogP contribution in [-0.4, -0.2) is 12.0 Å². The van der Waals surface area contributed by atoms with Gasteiger partial charge in [0.05, 0.1) is 0 Å². The van der Waals surface area contributed by atoms with E-state index in [1.165, 1.54) is 66.8 Å². The monoisotopic (exact) mass is 859 g/mol. The average molecular weight is 860 g/mol. The van der Waals surface area contributed by atoms with Crippen LogP contribution in [0, 0.1) is 13.8 Å². The number of benzene rings is 7. The average Bonchev–Trinajstić information content (AvgIpc) is 3.96. The van der Waals surface area contributed by atoms with Crippen LogP contribution in [0.1, 0.15) is 78.5 Å². The van der Waals surface area contributed by atoms with E-state index < -0.39 is 0 Å². The minimum Gasteiger partial charge on any atom is -0.455 e. The summed E-state index contributed by atoms with van der Waals surface area (Å²) >= 11 is 0. The number of furan rings is 1. The Morgan fingerprint density at radius 3 is 2.12 bits per heavy atom.